The van der Waals surface area contributed by atoms with Gasteiger partial charge < -0.3 is 14.7 Å². The highest BCUT2D eigenvalue weighted by molar-refractivity contribution is 5.40. The van der Waals surface area contributed by atoms with E-state index in [0.717, 1.165) is 31.1 Å². The molecule has 17 heavy (non-hydrogen) atoms. The summed E-state index contributed by atoms with van der Waals surface area (Å²) >= 11 is 0. The van der Waals surface area contributed by atoms with E-state index in [2.05, 4.69) is 23.7 Å². The highest BCUT2D eigenvalue weighted by Gasteiger charge is 2.27. The summed E-state index contributed by atoms with van der Waals surface area (Å²) in [5, 5.41) is 9.43. The highest BCUT2D eigenvalue weighted by atomic mass is 16.5. The van der Waals surface area contributed by atoms with Gasteiger partial charge in [-0.25, -0.2) is 4.98 Å². The first-order chi connectivity index (χ1) is 7.98. The normalized spacial score (nSPS) is 21.3. The number of aliphatic hydroxyl groups is 1. The number of hydrogen-bond donors (Lipinski definition) is 1. The van der Waals surface area contributed by atoms with Gasteiger partial charge in [0, 0.05) is 19.3 Å². The molecule has 0 aromatic carbocycles. The van der Waals surface area contributed by atoms with Gasteiger partial charge in [0.15, 0.2) is 0 Å². The third-order valence-corrected chi connectivity index (χ3v) is 3.00. The van der Waals surface area contributed by atoms with E-state index in [9.17, 15) is 5.11 Å². The van der Waals surface area contributed by atoms with Crippen LogP contribution in [0.3, 0.4) is 0 Å². The van der Waals surface area contributed by atoms with Crippen molar-refractivity contribution in [3.8, 4) is 0 Å². The molecule has 0 unspecified atom stereocenters. The summed E-state index contributed by atoms with van der Waals surface area (Å²) in [6.07, 6.45) is 1.28. The van der Waals surface area contributed by atoms with Gasteiger partial charge in [-0.2, -0.15) is 0 Å². The van der Waals surface area contributed by atoms with Crippen molar-refractivity contribution in [3.63, 3.8) is 0 Å². The maximum Gasteiger partial charge on any atom is 0.128 e. The molecule has 1 aromatic heterocycles. The van der Waals surface area contributed by atoms with Crippen molar-refractivity contribution in [1.29, 1.82) is 0 Å². The first kappa shape index (κ1) is 12.3. The molecule has 1 fully saturated rings. The summed E-state index contributed by atoms with van der Waals surface area (Å²) < 4.78 is 5.67. The Kier molecular flexibility index (Phi) is 3.35. The average molecular weight is 236 g/mol. The number of hydrogen-bond acceptors (Lipinski definition) is 4. The first-order valence-corrected chi connectivity index (χ1v) is 6.01. The zero-order chi connectivity index (χ0) is 12.5. The number of anilines is 1. The van der Waals surface area contributed by atoms with Crippen LogP contribution < -0.4 is 4.90 Å². The molecule has 94 valence electrons. The zero-order valence-electron chi connectivity index (χ0n) is 10.7. The quantitative estimate of drug-likeness (QED) is 0.849. The lowest BCUT2D eigenvalue weighted by Crippen LogP contribution is -2.48. The zero-order valence-corrected chi connectivity index (χ0v) is 10.7. The molecule has 0 aliphatic carbocycles. The van der Waals surface area contributed by atoms with Crippen LogP contribution in [0.15, 0.2) is 18.3 Å². The van der Waals surface area contributed by atoms with Crippen LogP contribution in [0.1, 0.15) is 32.4 Å². The lowest BCUT2D eigenvalue weighted by Gasteiger charge is -2.38. The molecule has 1 aliphatic heterocycles. The molecule has 2 rings (SSSR count). The monoisotopic (exact) mass is 236 g/mol. The Labute approximate surface area is 102 Å². The number of pyridine rings is 1. The van der Waals surface area contributed by atoms with Gasteiger partial charge in [0.25, 0.3) is 0 Å². The molecular weight excluding hydrogens is 216 g/mol. The van der Waals surface area contributed by atoms with Crippen molar-refractivity contribution in [2.45, 2.75) is 32.5 Å². The number of nitrogens with zero attached hydrogens (tertiary/aromatic N) is 2. The van der Waals surface area contributed by atoms with Crippen LogP contribution in [-0.2, 0) is 4.74 Å². The SMILES string of the molecule is C[C@@H](O)c1ccc(N2CCOC(C)(C)C2)nc1. The Hall–Kier alpha value is -1.13. The Morgan fingerprint density at radius 1 is 1.47 bits per heavy atom. The molecule has 2 heterocycles. The fourth-order valence-electron chi connectivity index (χ4n) is 2.04. The number of ether oxygens (including phenoxy) is 1. The fourth-order valence-corrected chi connectivity index (χ4v) is 2.04. The number of morpholine rings is 1. The number of aliphatic hydroxyl groups excluding tert-OH is 1. The van der Waals surface area contributed by atoms with E-state index < -0.39 is 6.10 Å². The van der Waals surface area contributed by atoms with Gasteiger partial charge in [0.1, 0.15) is 5.82 Å². The van der Waals surface area contributed by atoms with E-state index in [-0.39, 0.29) is 5.60 Å². The summed E-state index contributed by atoms with van der Waals surface area (Å²) in [7, 11) is 0. The maximum absolute atomic E-state index is 9.43. The second-order valence-corrected chi connectivity index (χ2v) is 5.16. The van der Waals surface area contributed by atoms with Crippen molar-refractivity contribution in [3.05, 3.63) is 23.9 Å². The Bertz CT molecular complexity index is 374. The van der Waals surface area contributed by atoms with Gasteiger partial charge >= 0.3 is 0 Å². The van der Waals surface area contributed by atoms with Crippen molar-refractivity contribution >= 4 is 5.82 Å². The Morgan fingerprint density at radius 3 is 2.76 bits per heavy atom. The van der Waals surface area contributed by atoms with Crippen LogP contribution in [0.5, 0.6) is 0 Å². The molecule has 1 aliphatic rings. The van der Waals surface area contributed by atoms with E-state index in [1.165, 1.54) is 0 Å². The second kappa shape index (κ2) is 4.63. The summed E-state index contributed by atoms with van der Waals surface area (Å²) in [4.78, 5) is 6.62. The molecule has 0 radical (unpaired) electrons. The minimum Gasteiger partial charge on any atom is -0.389 e. The lowest BCUT2D eigenvalue weighted by molar-refractivity contribution is -0.0279. The molecule has 1 saturated heterocycles. The molecule has 1 aromatic rings. The molecular formula is C13H20N2O2. The van der Waals surface area contributed by atoms with Crippen LogP contribution in [0.2, 0.25) is 0 Å². The van der Waals surface area contributed by atoms with Gasteiger partial charge in [0.2, 0.25) is 0 Å². The summed E-state index contributed by atoms with van der Waals surface area (Å²) in [5.41, 5.74) is 0.726. The second-order valence-electron chi connectivity index (χ2n) is 5.16. The molecule has 0 saturated carbocycles. The van der Waals surface area contributed by atoms with Gasteiger partial charge in [0.05, 0.1) is 18.3 Å². The molecule has 4 nitrogen and oxygen atoms in total. The lowest BCUT2D eigenvalue weighted by atomic mass is 10.1. The van der Waals surface area contributed by atoms with Crippen LogP contribution in [0.4, 0.5) is 5.82 Å². The number of rotatable bonds is 2. The summed E-state index contributed by atoms with van der Waals surface area (Å²) in [6, 6.07) is 3.89. The van der Waals surface area contributed by atoms with Gasteiger partial charge in [-0.15, -0.1) is 0 Å². The Balaban J connectivity index is 2.12. The molecule has 0 amide bonds. The molecule has 0 spiro atoms. The molecule has 1 N–H and O–H groups in total. The van der Waals surface area contributed by atoms with E-state index in [1.54, 1.807) is 13.1 Å². The standard InChI is InChI=1S/C13H20N2O2/c1-10(16)11-4-5-12(14-8-11)15-6-7-17-13(2,3)9-15/h4-5,8,10,16H,6-7,9H2,1-3H3/t10-/m1/s1. The fraction of sp³-hybridized carbons (Fsp3) is 0.615. The van der Waals surface area contributed by atoms with Gasteiger partial charge in [-0.3, -0.25) is 0 Å². The van der Waals surface area contributed by atoms with Crippen LogP contribution in [0.25, 0.3) is 0 Å². The first-order valence-electron chi connectivity index (χ1n) is 6.01. The van der Waals surface area contributed by atoms with Crippen molar-refractivity contribution in [2.75, 3.05) is 24.6 Å². The van der Waals surface area contributed by atoms with Crippen molar-refractivity contribution < 1.29 is 9.84 Å². The van der Waals surface area contributed by atoms with Crippen molar-refractivity contribution in [1.82, 2.24) is 4.98 Å². The van der Waals surface area contributed by atoms with E-state index in [0.29, 0.717) is 0 Å². The van der Waals surface area contributed by atoms with E-state index in [1.807, 2.05) is 12.1 Å². The van der Waals surface area contributed by atoms with E-state index >= 15 is 0 Å². The third-order valence-electron chi connectivity index (χ3n) is 3.00. The van der Waals surface area contributed by atoms with E-state index in [4.69, 9.17) is 4.74 Å². The highest BCUT2D eigenvalue weighted by Crippen LogP contribution is 2.22. The minimum atomic E-state index is -0.460. The molecule has 1 atom stereocenters. The third kappa shape index (κ3) is 2.96. The Morgan fingerprint density at radius 2 is 2.24 bits per heavy atom. The molecule has 4 heteroatoms. The van der Waals surface area contributed by atoms with Gasteiger partial charge in [-0.1, -0.05) is 6.07 Å². The predicted molar refractivity (Wildman–Crippen MR) is 67.1 cm³/mol. The smallest absolute Gasteiger partial charge is 0.128 e. The maximum atomic E-state index is 9.43. The molecule has 0 bridgehead atoms. The predicted octanol–water partition coefficient (Wildman–Crippen LogP) is 1.75. The largest absolute Gasteiger partial charge is 0.389 e. The van der Waals surface area contributed by atoms with Crippen molar-refractivity contribution in [2.24, 2.45) is 0 Å². The minimum absolute atomic E-state index is 0.122. The van der Waals surface area contributed by atoms with Gasteiger partial charge in [-0.05, 0) is 32.4 Å². The van der Waals surface area contributed by atoms with Crippen LogP contribution in [-0.4, -0.2) is 35.4 Å². The summed E-state index contributed by atoms with van der Waals surface area (Å²) in [6.45, 7) is 8.35. The average Bonchev–Trinajstić information content (AvgIpc) is 2.28. The van der Waals surface area contributed by atoms with Crippen LogP contribution >= 0.6 is 0 Å². The topological polar surface area (TPSA) is 45.6 Å². The van der Waals surface area contributed by atoms with Crippen LogP contribution in [0, 0.1) is 0 Å². The number of aromatic nitrogens is 1. The summed E-state index contributed by atoms with van der Waals surface area (Å²) in [5.74, 6) is 0.950.